The molecule has 2 aromatic rings. The first-order chi connectivity index (χ1) is 10.5. The van der Waals surface area contributed by atoms with Gasteiger partial charge in [-0.05, 0) is 43.0 Å². The molecule has 1 aliphatic rings. The Morgan fingerprint density at radius 2 is 1.64 bits per heavy atom. The van der Waals surface area contributed by atoms with Gasteiger partial charge in [0.15, 0.2) is 11.6 Å². The Labute approximate surface area is 124 Å². The number of hydrogen-bond acceptors (Lipinski definition) is 4. The first-order valence-corrected chi connectivity index (χ1v) is 6.81. The van der Waals surface area contributed by atoms with Crippen LogP contribution in [0.3, 0.4) is 0 Å². The van der Waals surface area contributed by atoms with Gasteiger partial charge in [0.05, 0.1) is 19.0 Å². The molecule has 3 rings (SSSR count). The van der Waals surface area contributed by atoms with Crippen molar-refractivity contribution in [1.82, 2.24) is 9.97 Å². The zero-order chi connectivity index (χ0) is 15.6. The van der Waals surface area contributed by atoms with E-state index in [0.29, 0.717) is 29.7 Å². The standard InChI is InChI=1S/C15H13F3N2O2/c16-15(17,18)22-12-5-3-11(4-6-12)14-19-7-13(8-20-14)21-9-10-1-2-10/h3-8,10H,1-2,9H2. The van der Waals surface area contributed by atoms with E-state index in [2.05, 4.69) is 14.7 Å². The van der Waals surface area contributed by atoms with E-state index in [9.17, 15) is 13.2 Å². The van der Waals surface area contributed by atoms with Crippen molar-refractivity contribution < 1.29 is 22.6 Å². The summed E-state index contributed by atoms with van der Waals surface area (Å²) in [5.74, 6) is 1.37. The maximum atomic E-state index is 12.1. The summed E-state index contributed by atoms with van der Waals surface area (Å²) in [6.07, 6.45) is 0.824. The molecule has 0 saturated heterocycles. The van der Waals surface area contributed by atoms with E-state index in [1.807, 2.05) is 0 Å². The van der Waals surface area contributed by atoms with Gasteiger partial charge >= 0.3 is 6.36 Å². The fraction of sp³-hybridized carbons (Fsp3) is 0.333. The predicted octanol–water partition coefficient (Wildman–Crippen LogP) is 3.83. The second kappa shape index (κ2) is 5.82. The average Bonchev–Trinajstić information content (AvgIpc) is 3.29. The number of ether oxygens (including phenoxy) is 2. The Kier molecular flexibility index (Phi) is 3.87. The van der Waals surface area contributed by atoms with Crippen LogP contribution < -0.4 is 9.47 Å². The van der Waals surface area contributed by atoms with Gasteiger partial charge in [0.2, 0.25) is 0 Å². The fourth-order valence-corrected chi connectivity index (χ4v) is 1.84. The number of rotatable bonds is 5. The van der Waals surface area contributed by atoms with E-state index >= 15 is 0 Å². The SMILES string of the molecule is FC(F)(F)Oc1ccc(-c2ncc(OCC3CC3)cn2)cc1. The highest BCUT2D eigenvalue weighted by Crippen LogP contribution is 2.29. The summed E-state index contributed by atoms with van der Waals surface area (Å²) in [6.45, 7) is 0.673. The Morgan fingerprint density at radius 3 is 2.18 bits per heavy atom. The minimum atomic E-state index is -4.70. The molecule has 1 saturated carbocycles. The lowest BCUT2D eigenvalue weighted by Crippen LogP contribution is -2.16. The van der Waals surface area contributed by atoms with Gasteiger partial charge in [-0.15, -0.1) is 13.2 Å². The van der Waals surface area contributed by atoms with Crippen molar-refractivity contribution in [3.8, 4) is 22.9 Å². The highest BCUT2D eigenvalue weighted by molar-refractivity contribution is 5.56. The number of halogens is 3. The normalized spacial score (nSPS) is 14.7. The summed E-state index contributed by atoms with van der Waals surface area (Å²) in [7, 11) is 0. The molecule has 0 aliphatic heterocycles. The van der Waals surface area contributed by atoms with Crippen LogP contribution in [0.1, 0.15) is 12.8 Å². The lowest BCUT2D eigenvalue weighted by atomic mass is 10.2. The van der Waals surface area contributed by atoms with Crippen molar-refractivity contribution in [2.75, 3.05) is 6.61 Å². The van der Waals surface area contributed by atoms with Gasteiger partial charge in [0.1, 0.15) is 5.75 Å². The number of benzene rings is 1. The third-order valence-corrected chi connectivity index (χ3v) is 3.16. The third kappa shape index (κ3) is 4.09. The largest absolute Gasteiger partial charge is 0.573 e. The van der Waals surface area contributed by atoms with Gasteiger partial charge in [-0.2, -0.15) is 0 Å². The van der Waals surface area contributed by atoms with Gasteiger partial charge in [-0.1, -0.05) is 0 Å². The van der Waals surface area contributed by atoms with Crippen molar-refractivity contribution in [2.45, 2.75) is 19.2 Å². The van der Waals surface area contributed by atoms with Crippen molar-refractivity contribution >= 4 is 0 Å². The number of alkyl halides is 3. The maximum Gasteiger partial charge on any atom is 0.573 e. The predicted molar refractivity (Wildman–Crippen MR) is 72.4 cm³/mol. The Morgan fingerprint density at radius 1 is 1.00 bits per heavy atom. The molecule has 0 bridgehead atoms. The topological polar surface area (TPSA) is 44.2 Å². The third-order valence-electron chi connectivity index (χ3n) is 3.16. The van der Waals surface area contributed by atoms with Crippen molar-refractivity contribution in [3.05, 3.63) is 36.7 Å². The van der Waals surface area contributed by atoms with Crippen molar-refractivity contribution in [2.24, 2.45) is 5.92 Å². The monoisotopic (exact) mass is 310 g/mol. The van der Waals surface area contributed by atoms with Crippen LogP contribution in [0.4, 0.5) is 13.2 Å². The van der Waals surface area contributed by atoms with Crippen molar-refractivity contribution in [1.29, 1.82) is 0 Å². The molecule has 1 aliphatic carbocycles. The Bertz CT molecular complexity index is 623. The lowest BCUT2D eigenvalue weighted by Gasteiger charge is -2.09. The summed E-state index contributed by atoms with van der Waals surface area (Å²) in [4.78, 5) is 8.30. The fourth-order valence-electron chi connectivity index (χ4n) is 1.84. The molecule has 1 fully saturated rings. The molecule has 22 heavy (non-hydrogen) atoms. The van der Waals surface area contributed by atoms with Crippen LogP contribution in [0.2, 0.25) is 0 Å². The molecule has 0 radical (unpaired) electrons. The summed E-state index contributed by atoms with van der Waals surface area (Å²) in [6, 6.07) is 5.40. The summed E-state index contributed by atoms with van der Waals surface area (Å²) < 4.78 is 45.6. The first kappa shape index (κ1) is 14.6. The number of nitrogens with zero attached hydrogens (tertiary/aromatic N) is 2. The second-order valence-corrected chi connectivity index (χ2v) is 5.07. The minimum absolute atomic E-state index is 0.277. The summed E-state index contributed by atoms with van der Waals surface area (Å²) in [5, 5.41) is 0. The van der Waals surface area contributed by atoms with Crippen LogP contribution in [0, 0.1) is 5.92 Å². The molecule has 4 nitrogen and oxygen atoms in total. The molecule has 1 aromatic heterocycles. The van der Waals surface area contributed by atoms with Crippen LogP contribution in [0.25, 0.3) is 11.4 Å². The van der Waals surface area contributed by atoms with Crippen LogP contribution in [0.5, 0.6) is 11.5 Å². The van der Waals surface area contributed by atoms with Gasteiger partial charge in [0, 0.05) is 5.56 Å². The zero-order valence-electron chi connectivity index (χ0n) is 11.5. The van der Waals surface area contributed by atoms with Gasteiger partial charge in [0.25, 0.3) is 0 Å². The van der Waals surface area contributed by atoms with E-state index in [0.717, 1.165) is 0 Å². The molecule has 1 aromatic carbocycles. The molecule has 1 heterocycles. The van der Waals surface area contributed by atoms with Crippen LogP contribution in [-0.4, -0.2) is 22.9 Å². The molecule has 0 N–H and O–H groups in total. The molecular formula is C15H13F3N2O2. The number of aromatic nitrogens is 2. The minimum Gasteiger partial charge on any atom is -0.490 e. The smallest absolute Gasteiger partial charge is 0.490 e. The van der Waals surface area contributed by atoms with Crippen LogP contribution >= 0.6 is 0 Å². The summed E-state index contributed by atoms with van der Waals surface area (Å²) >= 11 is 0. The average molecular weight is 310 g/mol. The molecule has 0 atom stereocenters. The number of hydrogen-bond donors (Lipinski definition) is 0. The van der Waals surface area contributed by atoms with E-state index in [4.69, 9.17) is 4.74 Å². The maximum absolute atomic E-state index is 12.1. The Balaban J connectivity index is 1.65. The van der Waals surface area contributed by atoms with E-state index in [1.165, 1.54) is 37.1 Å². The molecule has 7 heteroatoms. The highest BCUT2D eigenvalue weighted by Gasteiger charge is 2.31. The molecular weight excluding hydrogens is 297 g/mol. The van der Waals surface area contributed by atoms with Crippen LogP contribution in [-0.2, 0) is 0 Å². The lowest BCUT2D eigenvalue weighted by molar-refractivity contribution is -0.274. The Hall–Kier alpha value is -2.31. The van der Waals surface area contributed by atoms with Gasteiger partial charge < -0.3 is 9.47 Å². The zero-order valence-corrected chi connectivity index (χ0v) is 11.5. The molecule has 0 amide bonds. The van der Waals surface area contributed by atoms with Crippen molar-refractivity contribution in [3.63, 3.8) is 0 Å². The molecule has 0 spiro atoms. The first-order valence-electron chi connectivity index (χ1n) is 6.81. The molecule has 116 valence electrons. The van der Waals surface area contributed by atoms with E-state index < -0.39 is 6.36 Å². The summed E-state index contributed by atoms with van der Waals surface area (Å²) in [5.41, 5.74) is 0.600. The second-order valence-electron chi connectivity index (χ2n) is 5.07. The van der Waals surface area contributed by atoms with Crippen LogP contribution in [0.15, 0.2) is 36.7 Å². The quantitative estimate of drug-likeness (QED) is 0.842. The molecule has 0 unspecified atom stereocenters. The highest BCUT2D eigenvalue weighted by atomic mass is 19.4. The van der Waals surface area contributed by atoms with Gasteiger partial charge in [-0.25, -0.2) is 9.97 Å². The van der Waals surface area contributed by atoms with Gasteiger partial charge in [-0.3, -0.25) is 0 Å². The van der Waals surface area contributed by atoms with E-state index in [-0.39, 0.29) is 5.75 Å². The van der Waals surface area contributed by atoms with E-state index in [1.54, 1.807) is 12.4 Å².